The molecule has 0 aliphatic rings. The van der Waals surface area contributed by atoms with Crippen molar-refractivity contribution in [1.29, 1.82) is 0 Å². The van der Waals surface area contributed by atoms with Gasteiger partial charge in [0.1, 0.15) is 0 Å². The Morgan fingerprint density at radius 1 is 1.07 bits per heavy atom. The van der Waals surface area contributed by atoms with Crippen LogP contribution in [0, 0.1) is 0 Å². The van der Waals surface area contributed by atoms with Crippen LogP contribution in [0.3, 0.4) is 0 Å². The number of hydrogen-bond acceptors (Lipinski definition) is 2. The van der Waals surface area contributed by atoms with Crippen molar-refractivity contribution in [2.45, 2.75) is 0 Å². The van der Waals surface area contributed by atoms with E-state index in [9.17, 15) is 4.57 Å². The third-order valence-electron chi connectivity index (χ3n) is 2.13. The van der Waals surface area contributed by atoms with Crippen LogP contribution in [0.25, 0.3) is 10.8 Å². The van der Waals surface area contributed by atoms with E-state index in [1.165, 1.54) is 7.11 Å². The van der Waals surface area contributed by atoms with Gasteiger partial charge in [-0.1, -0.05) is 30.3 Å². The Balaban J connectivity index is 2.71. The summed E-state index contributed by atoms with van der Waals surface area (Å²) < 4.78 is 16.4. The van der Waals surface area contributed by atoms with Crippen molar-refractivity contribution < 1.29 is 9.09 Å². The maximum atomic E-state index is 11.6. The third-order valence-corrected chi connectivity index (χ3v) is 3.24. The predicted octanol–water partition coefficient (Wildman–Crippen LogP) is 2.85. The van der Waals surface area contributed by atoms with Gasteiger partial charge in [-0.05, 0) is 22.1 Å². The van der Waals surface area contributed by atoms with Gasteiger partial charge < -0.3 is 0 Å². The van der Waals surface area contributed by atoms with E-state index < -0.39 is 8.03 Å². The van der Waals surface area contributed by atoms with Gasteiger partial charge in [-0.2, -0.15) is 0 Å². The molecule has 0 radical (unpaired) electrons. The lowest BCUT2D eigenvalue weighted by Crippen LogP contribution is -1.98. The van der Waals surface area contributed by atoms with Gasteiger partial charge >= 0.3 is 8.03 Å². The average Bonchev–Trinajstić information content (AvgIpc) is 2.27. The van der Waals surface area contributed by atoms with Gasteiger partial charge in [0.2, 0.25) is 5.30 Å². The van der Waals surface area contributed by atoms with E-state index in [1.807, 2.05) is 42.5 Å². The van der Waals surface area contributed by atoms with Crippen LogP contribution in [-0.2, 0) is 9.09 Å². The largest absolute Gasteiger partial charge is 0.549 e. The molecule has 0 heterocycles. The molecular formula is C11H10O2P+. The first-order chi connectivity index (χ1) is 6.83. The Labute approximate surface area is 83.4 Å². The molecule has 0 saturated heterocycles. The second-order valence-electron chi connectivity index (χ2n) is 2.94. The highest BCUT2D eigenvalue weighted by Crippen LogP contribution is 2.25. The van der Waals surface area contributed by atoms with Crippen LogP contribution in [0.2, 0.25) is 0 Å². The van der Waals surface area contributed by atoms with E-state index in [0.29, 0.717) is 0 Å². The Hall–Kier alpha value is -1.24. The molecule has 0 saturated carbocycles. The van der Waals surface area contributed by atoms with Crippen molar-refractivity contribution in [3.05, 3.63) is 42.5 Å². The normalized spacial score (nSPS) is 11.6. The molecule has 1 unspecified atom stereocenters. The second kappa shape index (κ2) is 3.87. The zero-order valence-electron chi connectivity index (χ0n) is 7.81. The lowest BCUT2D eigenvalue weighted by Gasteiger charge is -1.95. The summed E-state index contributed by atoms with van der Waals surface area (Å²) in [5, 5.41) is 2.85. The molecule has 0 bridgehead atoms. The zero-order chi connectivity index (χ0) is 9.97. The summed E-state index contributed by atoms with van der Waals surface area (Å²) in [6.45, 7) is 0. The lowest BCUT2D eigenvalue weighted by molar-refractivity contribution is 0.423. The molecule has 0 fully saturated rings. The van der Waals surface area contributed by atoms with Crippen molar-refractivity contribution in [3.8, 4) is 0 Å². The Bertz CT molecular complexity index is 474. The third kappa shape index (κ3) is 1.54. The fourth-order valence-corrected chi connectivity index (χ4v) is 2.27. The van der Waals surface area contributed by atoms with Crippen LogP contribution in [0.15, 0.2) is 42.5 Å². The van der Waals surface area contributed by atoms with E-state index in [-0.39, 0.29) is 0 Å². The summed E-state index contributed by atoms with van der Waals surface area (Å²) in [4.78, 5) is 0. The fourth-order valence-electron chi connectivity index (χ4n) is 1.47. The molecule has 0 aromatic heterocycles. The van der Waals surface area contributed by atoms with E-state index in [1.54, 1.807) is 0 Å². The number of hydrogen-bond donors (Lipinski definition) is 0. The quantitative estimate of drug-likeness (QED) is 0.704. The van der Waals surface area contributed by atoms with E-state index in [0.717, 1.165) is 16.1 Å². The molecule has 1 atom stereocenters. The summed E-state index contributed by atoms with van der Waals surface area (Å²) in [7, 11) is -0.264. The van der Waals surface area contributed by atoms with E-state index in [4.69, 9.17) is 4.52 Å². The molecule has 2 aromatic carbocycles. The summed E-state index contributed by atoms with van der Waals surface area (Å²) in [6, 6.07) is 13.6. The minimum atomic E-state index is -1.72. The van der Waals surface area contributed by atoms with Crippen LogP contribution < -0.4 is 5.30 Å². The van der Waals surface area contributed by atoms with Crippen molar-refractivity contribution in [3.63, 3.8) is 0 Å². The smallest absolute Gasteiger partial charge is 0.145 e. The van der Waals surface area contributed by atoms with Gasteiger partial charge in [0, 0.05) is 5.39 Å². The highest BCUT2D eigenvalue weighted by atomic mass is 31.1. The molecule has 3 heteroatoms. The molecule has 0 amide bonds. The first-order valence-corrected chi connectivity index (χ1v) is 5.50. The molecule has 2 rings (SSSR count). The molecule has 70 valence electrons. The van der Waals surface area contributed by atoms with Gasteiger partial charge in [-0.25, -0.2) is 0 Å². The van der Waals surface area contributed by atoms with Crippen LogP contribution in [0.5, 0.6) is 0 Å². The van der Waals surface area contributed by atoms with Crippen molar-refractivity contribution >= 4 is 24.1 Å². The SMILES string of the molecule is CO[P+](=O)c1cccc2ccccc12. The molecule has 0 spiro atoms. The number of benzene rings is 2. The van der Waals surface area contributed by atoms with Crippen molar-refractivity contribution in [2.75, 3.05) is 7.11 Å². The number of rotatable bonds is 2. The van der Waals surface area contributed by atoms with Crippen LogP contribution in [-0.4, -0.2) is 7.11 Å². The van der Waals surface area contributed by atoms with Crippen LogP contribution in [0.1, 0.15) is 0 Å². The highest BCUT2D eigenvalue weighted by molar-refractivity contribution is 7.49. The first kappa shape index (κ1) is 9.32. The number of fused-ring (bicyclic) bond motifs is 1. The van der Waals surface area contributed by atoms with Gasteiger partial charge in [0.15, 0.2) is 0 Å². The van der Waals surface area contributed by atoms with Crippen molar-refractivity contribution in [1.82, 2.24) is 0 Å². The van der Waals surface area contributed by atoms with Crippen molar-refractivity contribution in [2.24, 2.45) is 0 Å². The van der Waals surface area contributed by atoms with Crippen LogP contribution >= 0.6 is 8.03 Å². The molecule has 2 nitrogen and oxygen atoms in total. The molecule has 14 heavy (non-hydrogen) atoms. The first-order valence-electron chi connectivity index (χ1n) is 4.32. The Morgan fingerprint density at radius 2 is 1.79 bits per heavy atom. The minimum Gasteiger partial charge on any atom is -0.145 e. The van der Waals surface area contributed by atoms with E-state index >= 15 is 0 Å². The maximum Gasteiger partial charge on any atom is 0.549 e. The maximum absolute atomic E-state index is 11.6. The van der Waals surface area contributed by atoms with Gasteiger partial charge in [0.05, 0.1) is 7.11 Å². The minimum absolute atomic E-state index is 0.764. The average molecular weight is 205 g/mol. The Morgan fingerprint density at radius 3 is 2.57 bits per heavy atom. The standard InChI is InChI=1S/C11H10O2P/c1-13-14(12)11-8-4-6-9-5-2-3-7-10(9)11/h2-8H,1H3/q+1. The predicted molar refractivity (Wildman–Crippen MR) is 58.2 cm³/mol. The lowest BCUT2D eigenvalue weighted by atomic mass is 10.1. The molecule has 0 aliphatic carbocycles. The monoisotopic (exact) mass is 205 g/mol. The van der Waals surface area contributed by atoms with Crippen LogP contribution in [0.4, 0.5) is 0 Å². The Kier molecular flexibility index (Phi) is 2.58. The second-order valence-corrected chi connectivity index (χ2v) is 4.30. The molecular weight excluding hydrogens is 195 g/mol. The summed E-state index contributed by atoms with van der Waals surface area (Å²) in [6.07, 6.45) is 0. The van der Waals surface area contributed by atoms with Gasteiger partial charge in [0.25, 0.3) is 0 Å². The fraction of sp³-hybridized carbons (Fsp3) is 0.0909. The van der Waals surface area contributed by atoms with Gasteiger partial charge in [-0.15, -0.1) is 4.52 Å². The topological polar surface area (TPSA) is 26.3 Å². The van der Waals surface area contributed by atoms with E-state index in [2.05, 4.69) is 0 Å². The molecule has 2 aromatic rings. The summed E-state index contributed by atoms with van der Waals surface area (Å²) in [5.41, 5.74) is 0. The molecule has 0 aliphatic heterocycles. The highest BCUT2D eigenvalue weighted by Gasteiger charge is 2.22. The molecule has 0 N–H and O–H groups in total. The summed E-state index contributed by atoms with van der Waals surface area (Å²) >= 11 is 0. The zero-order valence-corrected chi connectivity index (χ0v) is 8.70. The van der Waals surface area contributed by atoms with Gasteiger partial charge in [-0.3, -0.25) is 0 Å². The summed E-state index contributed by atoms with van der Waals surface area (Å²) in [5.74, 6) is 0.